The van der Waals surface area contributed by atoms with Crippen LogP contribution in [-0.4, -0.2) is 35.7 Å². The minimum absolute atomic E-state index is 0.0956. The van der Waals surface area contributed by atoms with Crippen molar-refractivity contribution in [2.75, 3.05) is 6.61 Å². The first-order chi connectivity index (χ1) is 16.0. The van der Waals surface area contributed by atoms with E-state index in [1.807, 2.05) is 48.5 Å². The zero-order valence-corrected chi connectivity index (χ0v) is 18.0. The number of carbonyl (C=O) groups excluding carboxylic acids is 2. The third kappa shape index (κ3) is 4.72. The maximum absolute atomic E-state index is 12.5. The normalized spacial score (nSPS) is 13.8. The lowest BCUT2D eigenvalue weighted by atomic mass is 9.98. The lowest BCUT2D eigenvalue weighted by Crippen LogP contribution is -2.47. The Morgan fingerprint density at radius 2 is 1.39 bits per heavy atom. The standard InChI is InChI=1S/C26H24N2O5/c1-16(24(29)28-23(25(30)31)17-9-3-2-4-10-17)27-26(32)33-15-22-20-13-7-5-11-18(20)19-12-6-8-14-21(19)22/h2-14,16,22-23H,15H2,1H3,(H,27,32)(H,28,29)(H,30,31)/t16-,23-/m1/s1. The average Bonchev–Trinajstić information content (AvgIpc) is 3.15. The van der Waals surface area contributed by atoms with Crippen LogP contribution in [0.25, 0.3) is 11.1 Å². The largest absolute Gasteiger partial charge is 0.479 e. The number of nitrogens with one attached hydrogen (secondary N) is 2. The molecule has 0 heterocycles. The molecule has 168 valence electrons. The summed E-state index contributed by atoms with van der Waals surface area (Å²) in [5, 5.41) is 14.4. The van der Waals surface area contributed by atoms with E-state index in [4.69, 9.17) is 4.74 Å². The molecule has 0 saturated carbocycles. The van der Waals surface area contributed by atoms with Gasteiger partial charge in [0, 0.05) is 5.92 Å². The first-order valence-corrected chi connectivity index (χ1v) is 10.7. The van der Waals surface area contributed by atoms with E-state index < -0.39 is 30.1 Å². The number of ether oxygens (including phenoxy) is 1. The van der Waals surface area contributed by atoms with Gasteiger partial charge in [0.1, 0.15) is 12.6 Å². The molecule has 1 aliphatic rings. The Balaban J connectivity index is 1.36. The summed E-state index contributed by atoms with van der Waals surface area (Å²) in [5.41, 5.74) is 4.85. The van der Waals surface area contributed by atoms with Crippen molar-refractivity contribution in [1.29, 1.82) is 0 Å². The molecule has 7 nitrogen and oxygen atoms in total. The summed E-state index contributed by atoms with van der Waals surface area (Å²) >= 11 is 0. The molecule has 0 unspecified atom stereocenters. The molecule has 33 heavy (non-hydrogen) atoms. The molecular formula is C26H24N2O5. The Bertz CT molecular complexity index is 1130. The Morgan fingerprint density at radius 3 is 1.97 bits per heavy atom. The zero-order chi connectivity index (χ0) is 23.4. The van der Waals surface area contributed by atoms with Crippen LogP contribution in [0.3, 0.4) is 0 Å². The smallest absolute Gasteiger partial charge is 0.407 e. The topological polar surface area (TPSA) is 105 Å². The van der Waals surface area contributed by atoms with E-state index in [2.05, 4.69) is 10.6 Å². The van der Waals surface area contributed by atoms with Gasteiger partial charge in [0.15, 0.2) is 6.04 Å². The van der Waals surface area contributed by atoms with E-state index in [0.717, 1.165) is 22.3 Å². The number of carbonyl (C=O) groups is 3. The number of rotatable bonds is 7. The van der Waals surface area contributed by atoms with Crippen LogP contribution in [0.5, 0.6) is 0 Å². The predicted molar refractivity (Wildman–Crippen MR) is 123 cm³/mol. The second-order valence-electron chi connectivity index (χ2n) is 7.88. The van der Waals surface area contributed by atoms with Gasteiger partial charge in [0.2, 0.25) is 5.91 Å². The van der Waals surface area contributed by atoms with Crippen molar-refractivity contribution in [3.05, 3.63) is 95.6 Å². The van der Waals surface area contributed by atoms with Gasteiger partial charge >= 0.3 is 12.1 Å². The summed E-state index contributed by atoms with van der Waals surface area (Å²) in [6.45, 7) is 1.59. The molecule has 0 fully saturated rings. The predicted octanol–water partition coefficient (Wildman–Crippen LogP) is 3.86. The van der Waals surface area contributed by atoms with Crippen LogP contribution in [0, 0.1) is 0 Å². The maximum atomic E-state index is 12.5. The van der Waals surface area contributed by atoms with E-state index in [0.29, 0.717) is 5.56 Å². The summed E-state index contributed by atoms with van der Waals surface area (Å²) in [4.78, 5) is 36.5. The Hall–Kier alpha value is -4.13. The van der Waals surface area contributed by atoms with Crippen LogP contribution in [0.4, 0.5) is 4.79 Å². The van der Waals surface area contributed by atoms with Gasteiger partial charge in [-0.3, -0.25) is 4.79 Å². The van der Waals surface area contributed by atoms with Crippen molar-refractivity contribution in [1.82, 2.24) is 10.6 Å². The molecule has 3 N–H and O–H groups in total. The van der Waals surface area contributed by atoms with Crippen molar-refractivity contribution < 1.29 is 24.2 Å². The first kappa shape index (κ1) is 22.1. The molecule has 3 aromatic carbocycles. The molecule has 0 bridgehead atoms. The number of fused-ring (bicyclic) bond motifs is 3. The number of aliphatic carboxylic acids is 1. The highest BCUT2D eigenvalue weighted by Crippen LogP contribution is 2.44. The molecule has 7 heteroatoms. The van der Waals surface area contributed by atoms with Crippen LogP contribution in [0.15, 0.2) is 78.9 Å². The molecular weight excluding hydrogens is 420 g/mol. The summed E-state index contributed by atoms with van der Waals surface area (Å²) in [7, 11) is 0. The van der Waals surface area contributed by atoms with Gasteiger partial charge < -0.3 is 20.5 Å². The fourth-order valence-electron chi connectivity index (χ4n) is 4.08. The fraction of sp³-hybridized carbons (Fsp3) is 0.192. The van der Waals surface area contributed by atoms with E-state index >= 15 is 0 Å². The monoisotopic (exact) mass is 444 g/mol. The summed E-state index contributed by atoms with van der Waals surface area (Å²) in [6, 6.07) is 22.2. The minimum Gasteiger partial charge on any atom is -0.479 e. The highest BCUT2D eigenvalue weighted by atomic mass is 16.5. The highest BCUT2D eigenvalue weighted by Gasteiger charge is 2.30. The molecule has 1 aliphatic carbocycles. The van der Waals surface area contributed by atoms with Gasteiger partial charge in [-0.15, -0.1) is 0 Å². The number of alkyl carbamates (subject to hydrolysis) is 1. The van der Waals surface area contributed by atoms with Gasteiger partial charge in [-0.1, -0.05) is 78.9 Å². The van der Waals surface area contributed by atoms with Gasteiger partial charge in [0.05, 0.1) is 0 Å². The third-order valence-corrected chi connectivity index (χ3v) is 5.74. The second kappa shape index (κ2) is 9.56. The van der Waals surface area contributed by atoms with E-state index in [-0.39, 0.29) is 12.5 Å². The molecule has 2 atom stereocenters. The summed E-state index contributed by atoms with van der Waals surface area (Å²) in [6.07, 6.45) is -0.744. The number of benzene rings is 3. The third-order valence-electron chi connectivity index (χ3n) is 5.74. The van der Waals surface area contributed by atoms with E-state index in [1.165, 1.54) is 6.92 Å². The Morgan fingerprint density at radius 1 is 0.848 bits per heavy atom. The molecule has 0 radical (unpaired) electrons. The fourth-order valence-corrected chi connectivity index (χ4v) is 4.08. The highest BCUT2D eigenvalue weighted by molar-refractivity contribution is 5.89. The molecule has 0 saturated heterocycles. The minimum atomic E-state index is -1.22. The molecule has 2 amide bonds. The number of hydrogen-bond donors (Lipinski definition) is 3. The number of amides is 2. The average molecular weight is 444 g/mol. The van der Waals surface area contributed by atoms with Crippen LogP contribution in [0.2, 0.25) is 0 Å². The maximum Gasteiger partial charge on any atom is 0.407 e. The number of carboxylic acids is 1. The molecule has 0 aliphatic heterocycles. The van der Waals surface area contributed by atoms with Gasteiger partial charge in [-0.05, 0) is 34.7 Å². The zero-order valence-electron chi connectivity index (χ0n) is 18.0. The first-order valence-electron chi connectivity index (χ1n) is 10.7. The molecule has 0 spiro atoms. The van der Waals surface area contributed by atoms with Gasteiger partial charge in [-0.25, -0.2) is 9.59 Å². The summed E-state index contributed by atoms with van der Waals surface area (Å²) < 4.78 is 5.45. The van der Waals surface area contributed by atoms with Crippen molar-refractivity contribution >= 4 is 18.0 Å². The van der Waals surface area contributed by atoms with Gasteiger partial charge in [0.25, 0.3) is 0 Å². The molecule has 0 aromatic heterocycles. The van der Waals surface area contributed by atoms with E-state index in [9.17, 15) is 19.5 Å². The summed E-state index contributed by atoms with van der Waals surface area (Å²) in [5.74, 6) is -1.91. The second-order valence-corrected chi connectivity index (χ2v) is 7.88. The molecule has 3 aromatic rings. The van der Waals surface area contributed by atoms with Gasteiger partial charge in [-0.2, -0.15) is 0 Å². The van der Waals surface area contributed by atoms with Crippen molar-refractivity contribution in [2.45, 2.75) is 24.9 Å². The number of carboxylic acid groups (broad SMARTS) is 1. The van der Waals surface area contributed by atoms with Crippen LogP contribution >= 0.6 is 0 Å². The SMILES string of the molecule is C[C@@H](NC(=O)OCC1c2ccccc2-c2ccccc21)C(=O)N[C@@H](C(=O)O)c1ccccc1. The molecule has 4 rings (SSSR count). The van der Waals surface area contributed by atoms with Crippen molar-refractivity contribution in [3.8, 4) is 11.1 Å². The van der Waals surface area contributed by atoms with Crippen LogP contribution in [-0.2, 0) is 14.3 Å². The quantitative estimate of drug-likeness (QED) is 0.513. The van der Waals surface area contributed by atoms with Crippen LogP contribution < -0.4 is 10.6 Å². The van der Waals surface area contributed by atoms with Crippen LogP contribution in [0.1, 0.15) is 35.6 Å². The Labute approximate surface area is 191 Å². The Kier molecular flexibility index (Phi) is 6.40. The van der Waals surface area contributed by atoms with Crippen molar-refractivity contribution in [3.63, 3.8) is 0 Å². The number of hydrogen-bond acceptors (Lipinski definition) is 4. The van der Waals surface area contributed by atoms with E-state index in [1.54, 1.807) is 30.3 Å². The lowest BCUT2D eigenvalue weighted by molar-refractivity contribution is -0.142. The van der Waals surface area contributed by atoms with Crippen molar-refractivity contribution in [2.24, 2.45) is 0 Å². The lowest BCUT2D eigenvalue weighted by Gasteiger charge is -2.20.